The fourth-order valence-corrected chi connectivity index (χ4v) is 0.311. The molecule has 32 valence electrons. The zero-order valence-electron chi connectivity index (χ0n) is 3.64. The largest absolute Gasteiger partial charge is 0.465 e. The second-order valence-electron chi connectivity index (χ2n) is 1.11. The van der Waals surface area contributed by atoms with E-state index in [1.165, 1.54) is 0 Å². The van der Waals surface area contributed by atoms with E-state index in [0.717, 1.165) is 5.76 Å². The third-order valence-electron chi connectivity index (χ3n) is 0.721. The number of hydrogen-bond donors (Lipinski definition) is 0. The molecule has 0 saturated carbocycles. The van der Waals surface area contributed by atoms with Gasteiger partial charge in [0.05, 0.1) is 6.26 Å². The van der Waals surface area contributed by atoms with Gasteiger partial charge in [-0.2, -0.15) is 0 Å². The van der Waals surface area contributed by atoms with Crippen molar-refractivity contribution in [2.24, 2.45) is 0 Å². The van der Waals surface area contributed by atoms with Crippen molar-refractivity contribution in [3.05, 3.63) is 24.2 Å². The lowest BCUT2D eigenvalue weighted by molar-refractivity contribution is 0.325. The predicted octanol–water partition coefficient (Wildman–Crippen LogP) is 1.43. The molecule has 0 saturated heterocycles. The van der Waals surface area contributed by atoms with Crippen molar-refractivity contribution in [2.75, 3.05) is 0 Å². The van der Waals surface area contributed by atoms with E-state index < -0.39 is 0 Å². The molecule has 0 aromatic heterocycles. The normalized spacial score (nSPS) is 23.2. The first-order valence-electron chi connectivity index (χ1n) is 1.93. The third-order valence-corrected chi connectivity index (χ3v) is 0.721. The van der Waals surface area contributed by atoms with Crippen molar-refractivity contribution >= 4 is 0 Å². The summed E-state index contributed by atoms with van der Waals surface area (Å²) in [7, 11) is 0. The zero-order chi connectivity index (χ0) is 4.41. The Hall–Kier alpha value is -0.720. The molecule has 0 amide bonds. The van der Waals surface area contributed by atoms with Gasteiger partial charge >= 0.3 is 0 Å². The third kappa shape index (κ3) is 0.322. The molecule has 0 spiro atoms. The SMILES string of the molecule is C/C=C1\C=CO1. The van der Waals surface area contributed by atoms with Crippen LogP contribution in [0.1, 0.15) is 6.92 Å². The molecule has 0 atom stereocenters. The Morgan fingerprint density at radius 1 is 1.83 bits per heavy atom. The van der Waals surface area contributed by atoms with Crippen molar-refractivity contribution in [3.8, 4) is 0 Å². The molecule has 1 aliphatic heterocycles. The van der Waals surface area contributed by atoms with Gasteiger partial charge < -0.3 is 4.74 Å². The smallest absolute Gasteiger partial charge is 0.125 e. The molecule has 1 heterocycles. The highest BCUT2D eigenvalue weighted by molar-refractivity contribution is 5.17. The molecule has 0 aliphatic carbocycles. The summed E-state index contributed by atoms with van der Waals surface area (Å²) in [5.41, 5.74) is 0. The van der Waals surface area contributed by atoms with Crippen LogP contribution in [0.15, 0.2) is 24.2 Å². The van der Waals surface area contributed by atoms with Crippen molar-refractivity contribution in [2.45, 2.75) is 6.92 Å². The average molecular weight is 82.1 g/mol. The summed E-state index contributed by atoms with van der Waals surface area (Å²) in [6.45, 7) is 1.94. The first-order valence-corrected chi connectivity index (χ1v) is 1.93. The first-order chi connectivity index (χ1) is 2.93. The predicted molar refractivity (Wildman–Crippen MR) is 24.0 cm³/mol. The van der Waals surface area contributed by atoms with E-state index in [1.807, 2.05) is 19.1 Å². The fourth-order valence-electron chi connectivity index (χ4n) is 0.311. The molecule has 1 nitrogen and oxygen atoms in total. The number of hydrogen-bond acceptors (Lipinski definition) is 1. The Morgan fingerprint density at radius 2 is 2.50 bits per heavy atom. The van der Waals surface area contributed by atoms with Gasteiger partial charge in [-0.05, 0) is 13.0 Å². The summed E-state index contributed by atoms with van der Waals surface area (Å²) in [6, 6.07) is 0. The standard InChI is InChI=1S/C5H6O/c1-2-5-3-4-6-5/h2-4H,1H3/b5-2+. The summed E-state index contributed by atoms with van der Waals surface area (Å²) in [5.74, 6) is 0.968. The van der Waals surface area contributed by atoms with Gasteiger partial charge in [-0.15, -0.1) is 0 Å². The fraction of sp³-hybridized carbons (Fsp3) is 0.200. The van der Waals surface area contributed by atoms with E-state index in [2.05, 4.69) is 0 Å². The molecule has 0 radical (unpaired) electrons. The minimum atomic E-state index is 0.968. The van der Waals surface area contributed by atoms with Crippen molar-refractivity contribution in [3.63, 3.8) is 0 Å². The van der Waals surface area contributed by atoms with Crippen LogP contribution in [0.3, 0.4) is 0 Å². The molecule has 0 fully saturated rings. The van der Waals surface area contributed by atoms with Gasteiger partial charge in [0.15, 0.2) is 0 Å². The highest BCUT2D eigenvalue weighted by Gasteiger charge is 1.94. The van der Waals surface area contributed by atoms with Crippen molar-refractivity contribution in [1.29, 1.82) is 0 Å². The Morgan fingerprint density at radius 3 is 2.50 bits per heavy atom. The average Bonchev–Trinajstić information content (AvgIpc) is 1.31. The van der Waals surface area contributed by atoms with E-state index in [1.54, 1.807) is 6.26 Å². The van der Waals surface area contributed by atoms with Gasteiger partial charge in [-0.3, -0.25) is 0 Å². The highest BCUT2D eigenvalue weighted by Crippen LogP contribution is 2.08. The Kier molecular flexibility index (Phi) is 0.675. The lowest BCUT2D eigenvalue weighted by atomic mass is 10.4. The Bertz CT molecular complexity index is 101. The van der Waals surface area contributed by atoms with E-state index in [9.17, 15) is 0 Å². The van der Waals surface area contributed by atoms with Crippen LogP contribution in [-0.2, 0) is 4.74 Å². The molecule has 0 aromatic carbocycles. The lowest BCUT2D eigenvalue weighted by Crippen LogP contribution is -1.87. The molecule has 1 aliphatic rings. The van der Waals surface area contributed by atoms with Gasteiger partial charge in [-0.1, -0.05) is 0 Å². The lowest BCUT2D eigenvalue weighted by Gasteiger charge is -2.05. The summed E-state index contributed by atoms with van der Waals surface area (Å²) in [5, 5.41) is 0. The summed E-state index contributed by atoms with van der Waals surface area (Å²) >= 11 is 0. The van der Waals surface area contributed by atoms with Crippen LogP contribution in [0, 0.1) is 0 Å². The number of ether oxygens (including phenoxy) is 1. The topological polar surface area (TPSA) is 9.23 Å². The Labute approximate surface area is 36.9 Å². The van der Waals surface area contributed by atoms with Crippen LogP contribution < -0.4 is 0 Å². The number of rotatable bonds is 0. The van der Waals surface area contributed by atoms with Crippen LogP contribution in [-0.4, -0.2) is 0 Å². The van der Waals surface area contributed by atoms with E-state index >= 15 is 0 Å². The molecule has 0 bridgehead atoms. The maximum atomic E-state index is 4.76. The second kappa shape index (κ2) is 1.17. The molecule has 6 heavy (non-hydrogen) atoms. The van der Waals surface area contributed by atoms with Gasteiger partial charge in [0, 0.05) is 6.08 Å². The van der Waals surface area contributed by atoms with Crippen LogP contribution in [0.25, 0.3) is 0 Å². The van der Waals surface area contributed by atoms with Crippen molar-refractivity contribution < 1.29 is 4.74 Å². The summed E-state index contributed by atoms with van der Waals surface area (Å²) < 4.78 is 4.76. The van der Waals surface area contributed by atoms with E-state index in [4.69, 9.17) is 4.74 Å². The van der Waals surface area contributed by atoms with E-state index in [0.29, 0.717) is 0 Å². The van der Waals surface area contributed by atoms with Crippen LogP contribution >= 0.6 is 0 Å². The van der Waals surface area contributed by atoms with Gasteiger partial charge in [0.1, 0.15) is 5.76 Å². The molecular formula is C5H6O. The molecule has 0 aromatic rings. The molecule has 1 rings (SSSR count). The second-order valence-corrected chi connectivity index (χ2v) is 1.11. The molecule has 1 heteroatoms. The quantitative estimate of drug-likeness (QED) is 0.429. The highest BCUT2D eigenvalue weighted by atomic mass is 16.5. The van der Waals surface area contributed by atoms with Gasteiger partial charge in [-0.25, -0.2) is 0 Å². The number of allylic oxidation sites excluding steroid dienone is 2. The maximum absolute atomic E-state index is 4.76. The van der Waals surface area contributed by atoms with Gasteiger partial charge in [0.25, 0.3) is 0 Å². The summed E-state index contributed by atoms with van der Waals surface area (Å²) in [4.78, 5) is 0. The first kappa shape index (κ1) is 3.47. The van der Waals surface area contributed by atoms with Crippen LogP contribution in [0.4, 0.5) is 0 Å². The molecule has 0 unspecified atom stereocenters. The van der Waals surface area contributed by atoms with Gasteiger partial charge in [0.2, 0.25) is 0 Å². The Balaban J connectivity index is 2.60. The minimum absolute atomic E-state index is 0.968. The minimum Gasteiger partial charge on any atom is -0.465 e. The zero-order valence-corrected chi connectivity index (χ0v) is 3.64. The van der Waals surface area contributed by atoms with Crippen LogP contribution in [0.2, 0.25) is 0 Å². The monoisotopic (exact) mass is 82.0 g/mol. The van der Waals surface area contributed by atoms with Crippen molar-refractivity contribution in [1.82, 2.24) is 0 Å². The summed E-state index contributed by atoms with van der Waals surface area (Å²) in [6.07, 6.45) is 5.50. The molecule has 0 N–H and O–H groups in total. The van der Waals surface area contributed by atoms with E-state index in [-0.39, 0.29) is 0 Å². The van der Waals surface area contributed by atoms with Crippen LogP contribution in [0.5, 0.6) is 0 Å². The maximum Gasteiger partial charge on any atom is 0.125 e. The molecular weight excluding hydrogens is 76.1 g/mol.